The van der Waals surface area contributed by atoms with Crippen LogP contribution in [0.1, 0.15) is 34.6 Å². The molecular formula is C14H15N5O. The van der Waals surface area contributed by atoms with E-state index in [1.54, 1.807) is 12.3 Å². The molecule has 2 rings (SSSR count). The third-order valence-electron chi connectivity index (χ3n) is 2.88. The van der Waals surface area contributed by atoms with E-state index >= 15 is 0 Å². The average Bonchev–Trinajstić information content (AvgIpc) is 2.91. The van der Waals surface area contributed by atoms with Crippen molar-refractivity contribution in [3.8, 4) is 6.07 Å². The van der Waals surface area contributed by atoms with Crippen molar-refractivity contribution in [3.63, 3.8) is 0 Å². The SMILES string of the molecule is Cc1cnn([C@@H](C)CNC(=O)c2ccc(C#N)nc2)c1. The number of rotatable bonds is 4. The first-order valence-corrected chi connectivity index (χ1v) is 6.25. The van der Waals surface area contributed by atoms with Crippen molar-refractivity contribution in [3.05, 3.63) is 47.5 Å². The van der Waals surface area contributed by atoms with Crippen LogP contribution in [0.25, 0.3) is 0 Å². The van der Waals surface area contributed by atoms with Gasteiger partial charge in [0.2, 0.25) is 0 Å². The number of aryl methyl sites for hydroxylation is 1. The highest BCUT2D eigenvalue weighted by Crippen LogP contribution is 2.05. The fourth-order valence-electron chi connectivity index (χ4n) is 1.70. The van der Waals surface area contributed by atoms with Crippen LogP contribution in [0.4, 0.5) is 0 Å². The van der Waals surface area contributed by atoms with Gasteiger partial charge in [-0.25, -0.2) is 4.98 Å². The largest absolute Gasteiger partial charge is 0.350 e. The van der Waals surface area contributed by atoms with Crippen molar-refractivity contribution in [2.45, 2.75) is 19.9 Å². The molecule has 2 aromatic rings. The molecule has 0 fully saturated rings. The number of nitrogens with zero attached hydrogens (tertiary/aromatic N) is 4. The van der Waals surface area contributed by atoms with Crippen LogP contribution in [-0.4, -0.2) is 27.2 Å². The monoisotopic (exact) mass is 269 g/mol. The van der Waals surface area contributed by atoms with E-state index in [2.05, 4.69) is 15.4 Å². The zero-order valence-corrected chi connectivity index (χ0v) is 11.4. The molecule has 1 amide bonds. The van der Waals surface area contributed by atoms with E-state index in [4.69, 9.17) is 5.26 Å². The number of nitrogens with one attached hydrogen (secondary N) is 1. The number of nitriles is 1. The fraction of sp³-hybridized carbons (Fsp3) is 0.286. The van der Waals surface area contributed by atoms with Gasteiger partial charge in [0.25, 0.3) is 5.91 Å². The van der Waals surface area contributed by atoms with Gasteiger partial charge in [-0.15, -0.1) is 0 Å². The Kier molecular flexibility index (Phi) is 4.11. The summed E-state index contributed by atoms with van der Waals surface area (Å²) >= 11 is 0. The lowest BCUT2D eigenvalue weighted by molar-refractivity contribution is 0.0947. The molecule has 20 heavy (non-hydrogen) atoms. The predicted octanol–water partition coefficient (Wildman–Crippen LogP) is 1.45. The van der Waals surface area contributed by atoms with E-state index in [9.17, 15) is 4.79 Å². The van der Waals surface area contributed by atoms with Gasteiger partial charge >= 0.3 is 0 Å². The molecule has 1 atom stereocenters. The number of pyridine rings is 1. The third-order valence-corrected chi connectivity index (χ3v) is 2.88. The molecule has 1 N–H and O–H groups in total. The molecule has 0 bridgehead atoms. The minimum atomic E-state index is -0.210. The summed E-state index contributed by atoms with van der Waals surface area (Å²) in [6.07, 6.45) is 5.11. The number of hydrogen-bond donors (Lipinski definition) is 1. The molecule has 0 saturated heterocycles. The van der Waals surface area contributed by atoms with Crippen LogP contribution in [-0.2, 0) is 0 Å². The lowest BCUT2D eigenvalue weighted by Gasteiger charge is -2.13. The summed E-state index contributed by atoms with van der Waals surface area (Å²) in [5.74, 6) is -0.210. The summed E-state index contributed by atoms with van der Waals surface area (Å²) in [4.78, 5) is 15.8. The van der Waals surface area contributed by atoms with Crippen molar-refractivity contribution in [1.29, 1.82) is 5.26 Å². The van der Waals surface area contributed by atoms with Crippen molar-refractivity contribution in [1.82, 2.24) is 20.1 Å². The second kappa shape index (κ2) is 5.97. The number of carbonyl (C=O) groups excluding carboxylic acids is 1. The van der Waals surface area contributed by atoms with Gasteiger partial charge in [-0.05, 0) is 31.5 Å². The summed E-state index contributed by atoms with van der Waals surface area (Å²) in [6.45, 7) is 4.42. The zero-order chi connectivity index (χ0) is 14.5. The first kappa shape index (κ1) is 13.7. The lowest BCUT2D eigenvalue weighted by atomic mass is 10.2. The van der Waals surface area contributed by atoms with Gasteiger partial charge < -0.3 is 5.32 Å². The Hall–Kier alpha value is -2.68. The molecular weight excluding hydrogens is 254 g/mol. The molecule has 0 aliphatic heterocycles. The Bertz CT molecular complexity index is 638. The van der Waals surface area contributed by atoms with Gasteiger partial charge in [0.15, 0.2) is 0 Å². The highest BCUT2D eigenvalue weighted by Gasteiger charge is 2.10. The highest BCUT2D eigenvalue weighted by molar-refractivity contribution is 5.93. The standard InChI is InChI=1S/C14H15N5O/c1-10-6-18-19(9-10)11(2)7-17-14(20)12-3-4-13(5-15)16-8-12/h3-4,6,8-9,11H,7H2,1-2H3,(H,17,20)/t11-/m0/s1. The maximum absolute atomic E-state index is 11.9. The smallest absolute Gasteiger partial charge is 0.252 e. The molecule has 0 aliphatic carbocycles. The molecule has 6 heteroatoms. The van der Waals surface area contributed by atoms with Gasteiger partial charge in [-0.2, -0.15) is 10.4 Å². The van der Waals surface area contributed by atoms with Crippen molar-refractivity contribution in [2.75, 3.05) is 6.54 Å². The quantitative estimate of drug-likeness (QED) is 0.910. The molecule has 0 aromatic carbocycles. The second-order valence-electron chi connectivity index (χ2n) is 4.60. The molecule has 2 aromatic heterocycles. The summed E-state index contributed by atoms with van der Waals surface area (Å²) in [5.41, 5.74) is 1.81. The van der Waals surface area contributed by atoms with E-state index in [-0.39, 0.29) is 11.9 Å². The maximum Gasteiger partial charge on any atom is 0.252 e. The zero-order valence-electron chi connectivity index (χ0n) is 11.4. The summed E-state index contributed by atoms with van der Waals surface area (Å²) in [6, 6.07) is 5.09. The third kappa shape index (κ3) is 3.20. The Labute approximate surface area is 117 Å². The average molecular weight is 269 g/mol. The molecule has 0 aliphatic rings. The van der Waals surface area contributed by atoms with Crippen LogP contribution in [0.3, 0.4) is 0 Å². The minimum absolute atomic E-state index is 0.0685. The summed E-state index contributed by atoms with van der Waals surface area (Å²) in [7, 11) is 0. The van der Waals surface area contributed by atoms with E-state index in [1.807, 2.05) is 30.8 Å². The molecule has 2 heterocycles. The van der Waals surface area contributed by atoms with Gasteiger partial charge in [-0.1, -0.05) is 0 Å². The van der Waals surface area contributed by atoms with Crippen LogP contribution in [0, 0.1) is 18.3 Å². The van der Waals surface area contributed by atoms with Crippen LogP contribution in [0.15, 0.2) is 30.7 Å². The molecule has 0 spiro atoms. The van der Waals surface area contributed by atoms with E-state index in [0.29, 0.717) is 17.8 Å². The Morgan fingerprint density at radius 3 is 2.85 bits per heavy atom. The topological polar surface area (TPSA) is 83.6 Å². The van der Waals surface area contributed by atoms with Crippen molar-refractivity contribution in [2.24, 2.45) is 0 Å². The Morgan fingerprint density at radius 1 is 1.50 bits per heavy atom. The predicted molar refractivity (Wildman–Crippen MR) is 73.0 cm³/mol. The van der Waals surface area contributed by atoms with Crippen molar-refractivity contribution < 1.29 is 4.79 Å². The molecule has 6 nitrogen and oxygen atoms in total. The summed E-state index contributed by atoms with van der Waals surface area (Å²) < 4.78 is 1.81. The highest BCUT2D eigenvalue weighted by atomic mass is 16.1. The van der Waals surface area contributed by atoms with Crippen LogP contribution in [0.5, 0.6) is 0 Å². The lowest BCUT2D eigenvalue weighted by Crippen LogP contribution is -2.29. The molecule has 0 radical (unpaired) electrons. The number of aromatic nitrogens is 3. The minimum Gasteiger partial charge on any atom is -0.350 e. The number of hydrogen-bond acceptors (Lipinski definition) is 4. The first-order valence-electron chi connectivity index (χ1n) is 6.25. The van der Waals surface area contributed by atoms with Gasteiger partial charge in [-0.3, -0.25) is 9.48 Å². The van der Waals surface area contributed by atoms with Gasteiger partial charge in [0.05, 0.1) is 17.8 Å². The fourth-order valence-corrected chi connectivity index (χ4v) is 1.70. The molecule has 0 unspecified atom stereocenters. The van der Waals surface area contributed by atoms with Crippen molar-refractivity contribution >= 4 is 5.91 Å². The van der Waals surface area contributed by atoms with E-state index in [1.165, 1.54) is 12.3 Å². The van der Waals surface area contributed by atoms with Crippen LogP contribution >= 0.6 is 0 Å². The second-order valence-corrected chi connectivity index (χ2v) is 4.60. The van der Waals surface area contributed by atoms with Gasteiger partial charge in [0.1, 0.15) is 11.8 Å². The van der Waals surface area contributed by atoms with Gasteiger partial charge in [0, 0.05) is 18.9 Å². The normalized spacial score (nSPS) is 11.7. The summed E-state index contributed by atoms with van der Waals surface area (Å²) in [5, 5.41) is 15.7. The van der Waals surface area contributed by atoms with Crippen LogP contribution < -0.4 is 5.32 Å². The maximum atomic E-state index is 11.9. The van der Waals surface area contributed by atoms with E-state index < -0.39 is 0 Å². The van der Waals surface area contributed by atoms with Crippen LogP contribution in [0.2, 0.25) is 0 Å². The molecule has 0 saturated carbocycles. The van der Waals surface area contributed by atoms with E-state index in [0.717, 1.165) is 5.56 Å². The first-order chi connectivity index (χ1) is 9.60. The molecule has 102 valence electrons. The Balaban J connectivity index is 1.93. The number of carbonyl (C=O) groups is 1. The Morgan fingerprint density at radius 2 is 2.30 bits per heavy atom. The number of amides is 1.